The van der Waals surface area contributed by atoms with Crippen molar-refractivity contribution in [2.45, 2.75) is 27.2 Å². The number of thiazole rings is 1. The zero-order valence-corrected chi connectivity index (χ0v) is 13.6. The summed E-state index contributed by atoms with van der Waals surface area (Å²) in [5, 5.41) is 3.32. The quantitative estimate of drug-likeness (QED) is 0.830. The van der Waals surface area contributed by atoms with Crippen molar-refractivity contribution in [2.24, 2.45) is 0 Å². The van der Waals surface area contributed by atoms with Crippen molar-refractivity contribution in [2.75, 3.05) is 11.9 Å². The molecule has 0 bridgehead atoms. The normalized spacial score (nSPS) is 10.3. The molecular weight excluding hydrogens is 300 g/mol. The first-order valence-electron chi connectivity index (χ1n) is 6.99. The third-order valence-electron chi connectivity index (χ3n) is 3.10. The fraction of sp³-hybridized carbons (Fsp3) is 0.312. The molecule has 116 valence electrons. The molecule has 2 aromatic rings. The zero-order valence-electron chi connectivity index (χ0n) is 12.8. The molecule has 0 radical (unpaired) electrons. The number of aromatic nitrogens is 1. The van der Waals surface area contributed by atoms with E-state index in [1.165, 1.54) is 18.3 Å². The molecule has 0 saturated carbocycles. The SMILES string of the molecule is CCc1nc(NC(=O)COc2ccc(C(C)=O)cc2)sc1C. The van der Waals surface area contributed by atoms with Crippen LogP contribution in [-0.4, -0.2) is 23.3 Å². The van der Waals surface area contributed by atoms with Gasteiger partial charge in [0.15, 0.2) is 17.5 Å². The Kier molecular flexibility index (Phi) is 5.27. The summed E-state index contributed by atoms with van der Waals surface area (Å²) in [4.78, 5) is 28.5. The van der Waals surface area contributed by atoms with E-state index in [1.807, 2.05) is 13.8 Å². The summed E-state index contributed by atoms with van der Waals surface area (Å²) in [6.45, 7) is 5.42. The standard InChI is InChI=1S/C16H18N2O3S/c1-4-14-11(3)22-16(17-14)18-15(20)9-21-13-7-5-12(6-8-13)10(2)19/h5-8H,4,9H2,1-3H3,(H,17,18,20). The average molecular weight is 318 g/mol. The van der Waals surface area contributed by atoms with Crippen molar-refractivity contribution in [3.63, 3.8) is 0 Å². The molecule has 22 heavy (non-hydrogen) atoms. The van der Waals surface area contributed by atoms with Crippen LogP contribution in [0.25, 0.3) is 0 Å². The van der Waals surface area contributed by atoms with Gasteiger partial charge in [-0.25, -0.2) is 4.98 Å². The summed E-state index contributed by atoms with van der Waals surface area (Å²) in [6.07, 6.45) is 0.844. The average Bonchev–Trinajstić information content (AvgIpc) is 2.85. The number of rotatable bonds is 6. The van der Waals surface area contributed by atoms with Gasteiger partial charge in [-0.2, -0.15) is 0 Å². The van der Waals surface area contributed by atoms with Gasteiger partial charge < -0.3 is 4.74 Å². The topological polar surface area (TPSA) is 68.3 Å². The van der Waals surface area contributed by atoms with E-state index in [2.05, 4.69) is 10.3 Å². The highest BCUT2D eigenvalue weighted by atomic mass is 32.1. The molecule has 0 fully saturated rings. The summed E-state index contributed by atoms with van der Waals surface area (Å²) in [5.41, 5.74) is 1.61. The van der Waals surface area contributed by atoms with Gasteiger partial charge in [0.05, 0.1) is 5.69 Å². The number of anilines is 1. The first-order chi connectivity index (χ1) is 10.5. The van der Waals surface area contributed by atoms with Crippen LogP contribution in [0.1, 0.15) is 34.8 Å². The molecule has 1 heterocycles. The number of hydrogen-bond donors (Lipinski definition) is 1. The maximum Gasteiger partial charge on any atom is 0.264 e. The fourth-order valence-corrected chi connectivity index (χ4v) is 2.82. The molecule has 0 saturated heterocycles. The summed E-state index contributed by atoms with van der Waals surface area (Å²) >= 11 is 1.46. The largest absolute Gasteiger partial charge is 0.484 e. The Bertz CT molecular complexity index is 677. The Morgan fingerprint density at radius 3 is 2.50 bits per heavy atom. The molecule has 0 spiro atoms. The van der Waals surface area contributed by atoms with Gasteiger partial charge in [0, 0.05) is 10.4 Å². The van der Waals surface area contributed by atoms with Crippen molar-refractivity contribution in [1.82, 2.24) is 4.98 Å². The summed E-state index contributed by atoms with van der Waals surface area (Å²) < 4.78 is 5.39. The maximum absolute atomic E-state index is 11.8. The van der Waals surface area contributed by atoms with Crippen LogP contribution in [0.2, 0.25) is 0 Å². The number of amides is 1. The Hall–Kier alpha value is -2.21. The smallest absolute Gasteiger partial charge is 0.264 e. The lowest BCUT2D eigenvalue weighted by molar-refractivity contribution is -0.118. The predicted octanol–water partition coefficient (Wildman–Crippen LogP) is 3.23. The van der Waals surface area contributed by atoms with Crippen LogP contribution in [0, 0.1) is 6.92 Å². The molecule has 0 atom stereocenters. The second kappa shape index (κ2) is 7.17. The van der Waals surface area contributed by atoms with E-state index in [0.717, 1.165) is 17.0 Å². The Morgan fingerprint density at radius 2 is 1.95 bits per heavy atom. The number of carbonyl (C=O) groups excluding carboxylic acids is 2. The van der Waals surface area contributed by atoms with Crippen LogP contribution >= 0.6 is 11.3 Å². The number of Topliss-reactive ketones (excluding diaryl/α,β-unsaturated/α-hetero) is 1. The minimum Gasteiger partial charge on any atom is -0.484 e. The predicted molar refractivity (Wildman–Crippen MR) is 86.8 cm³/mol. The molecule has 0 aliphatic rings. The first kappa shape index (κ1) is 16.2. The molecule has 1 aromatic carbocycles. The van der Waals surface area contributed by atoms with Crippen molar-refractivity contribution >= 4 is 28.2 Å². The maximum atomic E-state index is 11.8. The molecule has 0 unspecified atom stereocenters. The van der Waals surface area contributed by atoms with Crippen LogP contribution in [0.3, 0.4) is 0 Å². The Balaban J connectivity index is 1.88. The lowest BCUT2D eigenvalue weighted by atomic mass is 10.1. The van der Waals surface area contributed by atoms with Gasteiger partial charge in [0.1, 0.15) is 5.75 Å². The van der Waals surface area contributed by atoms with Gasteiger partial charge in [-0.05, 0) is 44.5 Å². The van der Waals surface area contributed by atoms with Gasteiger partial charge in [-0.15, -0.1) is 11.3 Å². The molecule has 2 rings (SSSR count). The highest BCUT2D eigenvalue weighted by Gasteiger charge is 2.10. The van der Waals surface area contributed by atoms with E-state index in [1.54, 1.807) is 24.3 Å². The molecule has 1 amide bonds. The number of nitrogens with one attached hydrogen (secondary N) is 1. The summed E-state index contributed by atoms with van der Waals surface area (Å²) in [5.74, 6) is 0.284. The third kappa shape index (κ3) is 4.14. The van der Waals surface area contributed by atoms with Crippen LogP contribution in [0.4, 0.5) is 5.13 Å². The Labute approximate surface area is 133 Å². The number of hydrogen-bond acceptors (Lipinski definition) is 5. The number of nitrogens with zero attached hydrogens (tertiary/aromatic N) is 1. The van der Waals surface area contributed by atoms with Gasteiger partial charge in [-0.3, -0.25) is 14.9 Å². The minimum absolute atomic E-state index is 0.00448. The van der Waals surface area contributed by atoms with Crippen molar-refractivity contribution in [3.05, 3.63) is 40.4 Å². The monoisotopic (exact) mass is 318 g/mol. The number of ketones is 1. The number of benzene rings is 1. The van der Waals surface area contributed by atoms with Crippen molar-refractivity contribution in [1.29, 1.82) is 0 Å². The van der Waals surface area contributed by atoms with E-state index >= 15 is 0 Å². The highest BCUT2D eigenvalue weighted by molar-refractivity contribution is 7.15. The van der Waals surface area contributed by atoms with E-state index in [4.69, 9.17) is 4.74 Å². The van der Waals surface area contributed by atoms with Gasteiger partial charge in [-0.1, -0.05) is 6.92 Å². The molecule has 5 nitrogen and oxygen atoms in total. The Morgan fingerprint density at radius 1 is 1.27 bits per heavy atom. The number of aryl methyl sites for hydroxylation is 2. The molecule has 1 N–H and O–H groups in total. The number of carbonyl (C=O) groups is 2. The van der Waals surface area contributed by atoms with Crippen LogP contribution in [0.5, 0.6) is 5.75 Å². The summed E-state index contributed by atoms with van der Waals surface area (Å²) in [7, 11) is 0. The van der Waals surface area contributed by atoms with E-state index in [-0.39, 0.29) is 18.3 Å². The van der Waals surface area contributed by atoms with Gasteiger partial charge in [0.25, 0.3) is 5.91 Å². The minimum atomic E-state index is -0.257. The highest BCUT2D eigenvalue weighted by Crippen LogP contribution is 2.22. The van der Waals surface area contributed by atoms with Crippen LogP contribution < -0.4 is 10.1 Å². The van der Waals surface area contributed by atoms with Gasteiger partial charge >= 0.3 is 0 Å². The third-order valence-corrected chi connectivity index (χ3v) is 4.03. The van der Waals surface area contributed by atoms with Crippen LogP contribution in [0.15, 0.2) is 24.3 Å². The second-order valence-corrected chi connectivity index (χ2v) is 6.00. The van der Waals surface area contributed by atoms with E-state index in [0.29, 0.717) is 16.4 Å². The fourth-order valence-electron chi connectivity index (χ4n) is 1.90. The van der Waals surface area contributed by atoms with Crippen molar-refractivity contribution < 1.29 is 14.3 Å². The molecule has 1 aromatic heterocycles. The second-order valence-electron chi connectivity index (χ2n) is 4.79. The molecular formula is C16H18N2O3S. The first-order valence-corrected chi connectivity index (χ1v) is 7.81. The molecule has 6 heteroatoms. The lowest BCUT2D eigenvalue weighted by Crippen LogP contribution is -2.20. The zero-order chi connectivity index (χ0) is 16.1. The van der Waals surface area contributed by atoms with Gasteiger partial charge in [0.2, 0.25) is 0 Å². The van der Waals surface area contributed by atoms with E-state index in [9.17, 15) is 9.59 Å². The number of ether oxygens (including phenoxy) is 1. The molecule has 0 aliphatic carbocycles. The van der Waals surface area contributed by atoms with Crippen molar-refractivity contribution in [3.8, 4) is 5.75 Å². The van der Waals surface area contributed by atoms with Crippen LogP contribution in [-0.2, 0) is 11.2 Å². The lowest BCUT2D eigenvalue weighted by Gasteiger charge is -2.06. The van der Waals surface area contributed by atoms with E-state index < -0.39 is 0 Å². The molecule has 0 aliphatic heterocycles. The summed E-state index contributed by atoms with van der Waals surface area (Å²) in [6, 6.07) is 6.69.